The predicted molar refractivity (Wildman–Crippen MR) is 104 cm³/mol. The molecule has 1 aliphatic heterocycles. The molecule has 1 fully saturated rings. The van der Waals surface area contributed by atoms with Crippen LogP contribution in [0.5, 0.6) is 0 Å². The Labute approximate surface area is 162 Å². The van der Waals surface area contributed by atoms with Crippen molar-refractivity contribution in [3.05, 3.63) is 12.7 Å². The number of nitrogens with one attached hydrogen (secondary N) is 3. The highest BCUT2D eigenvalue weighted by atomic mass is 16.5. The van der Waals surface area contributed by atoms with Crippen LogP contribution in [0.15, 0.2) is 12.7 Å². The maximum absolute atomic E-state index is 12.7. The number of ether oxygens (including phenoxy) is 1. The molecule has 0 bridgehead atoms. The van der Waals surface area contributed by atoms with Gasteiger partial charge in [0, 0.05) is 25.0 Å². The molecule has 1 heterocycles. The molecular weight excluding hydrogens is 348 g/mol. The van der Waals surface area contributed by atoms with Crippen LogP contribution in [0.3, 0.4) is 0 Å². The molecule has 27 heavy (non-hydrogen) atoms. The van der Waals surface area contributed by atoms with E-state index in [-0.39, 0.29) is 48.2 Å². The van der Waals surface area contributed by atoms with Gasteiger partial charge in [0.2, 0.25) is 11.8 Å². The van der Waals surface area contributed by atoms with E-state index in [0.29, 0.717) is 0 Å². The average Bonchev–Trinajstić information content (AvgIpc) is 2.64. The first-order valence-electron chi connectivity index (χ1n) is 9.52. The van der Waals surface area contributed by atoms with Gasteiger partial charge in [0.1, 0.15) is 12.1 Å². The SMILES string of the molecule is C=CCC(=O)NC(C(=O)NC(C)C(C)N1CCC[C@@H](C(=O)OC)N1)C(C)C. The van der Waals surface area contributed by atoms with Crippen LogP contribution in [0.25, 0.3) is 0 Å². The van der Waals surface area contributed by atoms with Gasteiger partial charge in [-0.1, -0.05) is 19.9 Å². The van der Waals surface area contributed by atoms with E-state index in [0.717, 1.165) is 19.4 Å². The molecule has 4 atom stereocenters. The first kappa shape index (κ1) is 23.1. The van der Waals surface area contributed by atoms with Gasteiger partial charge in [-0.05, 0) is 32.6 Å². The second kappa shape index (κ2) is 11.0. The summed E-state index contributed by atoms with van der Waals surface area (Å²) in [6, 6.07) is -1.20. The monoisotopic (exact) mass is 382 g/mol. The van der Waals surface area contributed by atoms with Gasteiger partial charge in [-0.15, -0.1) is 6.58 Å². The molecule has 1 aliphatic rings. The van der Waals surface area contributed by atoms with Crippen molar-refractivity contribution in [1.29, 1.82) is 0 Å². The molecule has 0 saturated carbocycles. The number of hydrazine groups is 1. The second-order valence-electron chi connectivity index (χ2n) is 7.36. The number of hydrogen-bond acceptors (Lipinski definition) is 6. The van der Waals surface area contributed by atoms with Crippen LogP contribution in [0.4, 0.5) is 0 Å². The number of hydrogen-bond donors (Lipinski definition) is 3. The Morgan fingerprint density at radius 3 is 2.48 bits per heavy atom. The van der Waals surface area contributed by atoms with E-state index < -0.39 is 6.04 Å². The summed E-state index contributed by atoms with van der Waals surface area (Å²) in [5, 5.41) is 7.71. The van der Waals surface area contributed by atoms with Crippen molar-refractivity contribution >= 4 is 17.8 Å². The fraction of sp³-hybridized carbons (Fsp3) is 0.737. The Balaban J connectivity index is 2.67. The Kier molecular flexibility index (Phi) is 9.45. The second-order valence-corrected chi connectivity index (χ2v) is 7.36. The Hall–Kier alpha value is -1.93. The van der Waals surface area contributed by atoms with Crippen LogP contribution in [0.2, 0.25) is 0 Å². The van der Waals surface area contributed by atoms with Gasteiger partial charge in [-0.25, -0.2) is 10.4 Å². The lowest BCUT2D eigenvalue weighted by Gasteiger charge is -2.39. The van der Waals surface area contributed by atoms with Crippen LogP contribution < -0.4 is 16.1 Å². The standard InChI is InChI=1S/C19H34N4O4/c1-7-9-16(24)21-17(12(2)3)18(25)20-13(4)14(5)23-11-8-10-15(22-23)19(26)27-6/h7,12-15,17,22H,1,8-11H2,2-6H3,(H,20,25)(H,21,24)/t13?,14?,15-,17?/m0/s1. The molecule has 0 aromatic rings. The molecule has 0 spiro atoms. The van der Waals surface area contributed by atoms with E-state index in [4.69, 9.17) is 4.74 Å². The summed E-state index contributed by atoms with van der Waals surface area (Å²) in [5.74, 6) is -0.770. The Morgan fingerprint density at radius 2 is 1.93 bits per heavy atom. The zero-order chi connectivity index (χ0) is 20.6. The first-order chi connectivity index (χ1) is 12.7. The molecule has 3 unspecified atom stereocenters. The zero-order valence-electron chi connectivity index (χ0n) is 17.1. The van der Waals surface area contributed by atoms with E-state index in [9.17, 15) is 14.4 Å². The van der Waals surface area contributed by atoms with Crippen molar-refractivity contribution in [3.63, 3.8) is 0 Å². The molecule has 154 valence electrons. The minimum absolute atomic E-state index is 0.0434. The fourth-order valence-electron chi connectivity index (χ4n) is 3.03. The molecular formula is C19H34N4O4. The predicted octanol–water partition coefficient (Wildman–Crippen LogP) is 0.739. The quantitative estimate of drug-likeness (QED) is 0.402. The van der Waals surface area contributed by atoms with Crippen LogP contribution in [0, 0.1) is 5.92 Å². The molecule has 0 radical (unpaired) electrons. The highest BCUT2D eigenvalue weighted by Crippen LogP contribution is 2.13. The number of rotatable bonds is 9. The van der Waals surface area contributed by atoms with Crippen molar-refractivity contribution in [2.45, 2.75) is 71.1 Å². The number of nitrogens with zero attached hydrogens (tertiary/aromatic N) is 1. The van der Waals surface area contributed by atoms with Crippen molar-refractivity contribution in [1.82, 2.24) is 21.1 Å². The number of methoxy groups -OCH3 is 1. The molecule has 8 nitrogen and oxygen atoms in total. The van der Waals surface area contributed by atoms with Crippen LogP contribution in [-0.4, -0.2) is 60.6 Å². The van der Waals surface area contributed by atoms with Gasteiger partial charge >= 0.3 is 5.97 Å². The van der Waals surface area contributed by atoms with Gasteiger partial charge in [0.15, 0.2) is 0 Å². The van der Waals surface area contributed by atoms with Crippen LogP contribution in [0.1, 0.15) is 47.0 Å². The van der Waals surface area contributed by atoms with E-state index in [2.05, 4.69) is 22.6 Å². The lowest BCUT2D eigenvalue weighted by molar-refractivity contribution is -0.147. The van der Waals surface area contributed by atoms with Crippen molar-refractivity contribution in [2.24, 2.45) is 5.92 Å². The van der Waals surface area contributed by atoms with Gasteiger partial charge in [0.05, 0.1) is 7.11 Å². The molecule has 0 aromatic heterocycles. The largest absolute Gasteiger partial charge is 0.468 e. The average molecular weight is 383 g/mol. The molecule has 1 rings (SSSR count). The molecule has 1 saturated heterocycles. The highest BCUT2D eigenvalue weighted by Gasteiger charge is 2.32. The van der Waals surface area contributed by atoms with E-state index in [1.165, 1.54) is 13.2 Å². The first-order valence-corrected chi connectivity index (χ1v) is 9.52. The number of esters is 1. The lowest BCUT2D eigenvalue weighted by atomic mass is 10.0. The number of carbonyl (C=O) groups excluding carboxylic acids is 3. The molecule has 0 aromatic carbocycles. The summed E-state index contributed by atoms with van der Waals surface area (Å²) in [4.78, 5) is 36.3. The minimum Gasteiger partial charge on any atom is -0.468 e. The third kappa shape index (κ3) is 6.95. The minimum atomic E-state index is -0.607. The van der Waals surface area contributed by atoms with Gasteiger partial charge in [0.25, 0.3) is 0 Å². The molecule has 8 heteroatoms. The number of carbonyl (C=O) groups is 3. The summed E-state index contributed by atoms with van der Waals surface area (Å²) in [7, 11) is 1.38. The molecule has 3 N–H and O–H groups in total. The van der Waals surface area contributed by atoms with Crippen molar-refractivity contribution in [2.75, 3.05) is 13.7 Å². The third-order valence-corrected chi connectivity index (χ3v) is 4.88. The molecule has 0 aliphatic carbocycles. The van der Waals surface area contributed by atoms with Gasteiger partial charge in [-0.3, -0.25) is 14.4 Å². The van der Waals surface area contributed by atoms with Crippen LogP contribution >= 0.6 is 0 Å². The maximum Gasteiger partial charge on any atom is 0.324 e. The van der Waals surface area contributed by atoms with Crippen LogP contribution in [-0.2, 0) is 19.1 Å². The normalized spacial score (nSPS) is 21.0. The van der Waals surface area contributed by atoms with E-state index in [1.807, 2.05) is 32.7 Å². The molecule has 2 amide bonds. The Bertz CT molecular complexity index is 538. The fourth-order valence-corrected chi connectivity index (χ4v) is 3.03. The van der Waals surface area contributed by atoms with Gasteiger partial charge < -0.3 is 15.4 Å². The summed E-state index contributed by atoms with van der Waals surface area (Å²) in [6.45, 7) is 12.0. The highest BCUT2D eigenvalue weighted by molar-refractivity contribution is 5.88. The summed E-state index contributed by atoms with van der Waals surface area (Å²) in [6.07, 6.45) is 3.27. The topological polar surface area (TPSA) is 99.8 Å². The number of amides is 2. The van der Waals surface area contributed by atoms with Crippen molar-refractivity contribution < 1.29 is 19.1 Å². The zero-order valence-corrected chi connectivity index (χ0v) is 17.1. The summed E-state index contributed by atoms with van der Waals surface area (Å²) < 4.78 is 4.81. The summed E-state index contributed by atoms with van der Waals surface area (Å²) >= 11 is 0. The van der Waals surface area contributed by atoms with E-state index >= 15 is 0 Å². The van der Waals surface area contributed by atoms with Crippen molar-refractivity contribution in [3.8, 4) is 0 Å². The maximum atomic E-state index is 12.7. The third-order valence-electron chi connectivity index (χ3n) is 4.88. The lowest BCUT2D eigenvalue weighted by Crippen LogP contribution is -2.61. The van der Waals surface area contributed by atoms with E-state index in [1.54, 1.807) is 0 Å². The smallest absolute Gasteiger partial charge is 0.324 e. The Morgan fingerprint density at radius 1 is 1.26 bits per heavy atom. The summed E-state index contributed by atoms with van der Waals surface area (Å²) in [5.41, 5.74) is 3.19. The van der Waals surface area contributed by atoms with Gasteiger partial charge in [-0.2, -0.15) is 0 Å².